The molecule has 2 aliphatic rings. The van der Waals surface area contributed by atoms with Crippen molar-refractivity contribution < 1.29 is 0 Å². The van der Waals surface area contributed by atoms with E-state index in [0.29, 0.717) is 16.9 Å². The number of hydrogen-bond donors (Lipinski definition) is 1. The summed E-state index contributed by atoms with van der Waals surface area (Å²) in [6.07, 6.45) is 5.58. The summed E-state index contributed by atoms with van der Waals surface area (Å²) in [6, 6.07) is 0.704. The highest BCUT2D eigenvalue weighted by atomic mass is 15.2. The van der Waals surface area contributed by atoms with E-state index in [9.17, 15) is 0 Å². The quantitative estimate of drug-likeness (QED) is 0.837. The van der Waals surface area contributed by atoms with Gasteiger partial charge in [-0.05, 0) is 49.1 Å². The van der Waals surface area contributed by atoms with Crippen LogP contribution in [0.4, 0.5) is 0 Å². The van der Waals surface area contributed by atoms with E-state index in [1.54, 1.807) is 0 Å². The predicted octanol–water partition coefficient (Wildman–Crippen LogP) is 3.52. The van der Waals surface area contributed by atoms with E-state index in [4.69, 9.17) is 0 Å². The molecular weight excluding hydrogens is 232 g/mol. The van der Waals surface area contributed by atoms with Gasteiger partial charge in [-0.2, -0.15) is 0 Å². The van der Waals surface area contributed by atoms with Gasteiger partial charge >= 0.3 is 0 Å². The van der Waals surface area contributed by atoms with Crippen molar-refractivity contribution >= 4 is 0 Å². The van der Waals surface area contributed by atoms with Crippen molar-refractivity contribution in [3.63, 3.8) is 0 Å². The lowest BCUT2D eigenvalue weighted by Crippen LogP contribution is -2.52. The van der Waals surface area contributed by atoms with Crippen molar-refractivity contribution in [2.45, 2.75) is 66.3 Å². The van der Waals surface area contributed by atoms with Crippen molar-refractivity contribution in [1.82, 2.24) is 10.2 Å². The Bertz CT molecular complexity index is 296. The first kappa shape index (κ1) is 15.3. The molecular formula is C17H34N2. The van der Waals surface area contributed by atoms with Gasteiger partial charge in [0.2, 0.25) is 0 Å². The third-order valence-corrected chi connectivity index (χ3v) is 5.38. The number of nitrogens with zero attached hydrogens (tertiary/aromatic N) is 1. The molecule has 2 heteroatoms. The molecule has 0 aromatic carbocycles. The smallest absolute Gasteiger partial charge is 0.0159 e. The molecule has 1 heterocycles. The van der Waals surface area contributed by atoms with Gasteiger partial charge in [-0.1, -0.05) is 41.0 Å². The van der Waals surface area contributed by atoms with Gasteiger partial charge in [0.15, 0.2) is 0 Å². The van der Waals surface area contributed by atoms with Crippen LogP contribution in [0.15, 0.2) is 0 Å². The maximum atomic E-state index is 3.79. The van der Waals surface area contributed by atoms with Crippen LogP contribution in [0.1, 0.15) is 60.3 Å². The molecule has 19 heavy (non-hydrogen) atoms. The molecule has 2 unspecified atom stereocenters. The average molecular weight is 266 g/mol. The van der Waals surface area contributed by atoms with Crippen LogP contribution in [-0.2, 0) is 0 Å². The predicted molar refractivity (Wildman–Crippen MR) is 83.4 cm³/mol. The van der Waals surface area contributed by atoms with Crippen LogP contribution in [0.5, 0.6) is 0 Å². The Morgan fingerprint density at radius 3 is 2.47 bits per heavy atom. The molecule has 2 atom stereocenters. The largest absolute Gasteiger partial charge is 0.313 e. The van der Waals surface area contributed by atoms with Crippen molar-refractivity contribution in [1.29, 1.82) is 0 Å². The minimum atomic E-state index is 0.466. The van der Waals surface area contributed by atoms with Crippen LogP contribution in [-0.4, -0.2) is 37.1 Å². The van der Waals surface area contributed by atoms with Crippen molar-refractivity contribution in [3.8, 4) is 0 Å². The standard InChI is InChI=1S/C17H34N2/c1-6-18-15-14(8-7-9-17(15,4)5)12-19-11-10-16(2,3)13-19/h14-15,18H,6-13H2,1-5H3. The van der Waals surface area contributed by atoms with E-state index in [2.05, 4.69) is 44.8 Å². The molecule has 0 amide bonds. The molecule has 0 radical (unpaired) electrons. The van der Waals surface area contributed by atoms with Crippen LogP contribution in [0, 0.1) is 16.7 Å². The number of nitrogens with one attached hydrogen (secondary N) is 1. The fourth-order valence-corrected chi connectivity index (χ4v) is 4.35. The van der Waals surface area contributed by atoms with Crippen molar-refractivity contribution in [2.24, 2.45) is 16.7 Å². The van der Waals surface area contributed by atoms with Gasteiger partial charge < -0.3 is 10.2 Å². The third kappa shape index (κ3) is 3.72. The Kier molecular flexibility index (Phi) is 4.62. The Balaban J connectivity index is 1.97. The second-order valence-electron chi connectivity index (χ2n) is 8.33. The van der Waals surface area contributed by atoms with Crippen LogP contribution >= 0.6 is 0 Å². The Morgan fingerprint density at radius 2 is 1.89 bits per heavy atom. The zero-order chi connectivity index (χ0) is 14.1. The van der Waals surface area contributed by atoms with Gasteiger partial charge in [-0.3, -0.25) is 0 Å². The first-order valence-corrected chi connectivity index (χ1v) is 8.30. The highest BCUT2D eigenvalue weighted by Gasteiger charge is 2.40. The first-order chi connectivity index (χ1) is 8.84. The minimum Gasteiger partial charge on any atom is -0.313 e. The maximum Gasteiger partial charge on any atom is 0.0159 e. The lowest BCUT2D eigenvalue weighted by molar-refractivity contribution is 0.0836. The summed E-state index contributed by atoms with van der Waals surface area (Å²) in [6.45, 7) is 17.0. The van der Waals surface area contributed by atoms with Crippen molar-refractivity contribution in [2.75, 3.05) is 26.2 Å². The highest BCUT2D eigenvalue weighted by Crippen LogP contribution is 2.40. The zero-order valence-corrected chi connectivity index (χ0v) is 13.8. The second kappa shape index (κ2) is 5.73. The van der Waals surface area contributed by atoms with E-state index < -0.39 is 0 Å². The lowest BCUT2D eigenvalue weighted by Gasteiger charge is -2.45. The van der Waals surface area contributed by atoms with E-state index in [0.717, 1.165) is 12.5 Å². The summed E-state index contributed by atoms with van der Waals surface area (Å²) in [4.78, 5) is 2.72. The van der Waals surface area contributed by atoms with E-state index >= 15 is 0 Å². The Morgan fingerprint density at radius 1 is 1.16 bits per heavy atom. The Hall–Kier alpha value is -0.0800. The van der Waals surface area contributed by atoms with Crippen LogP contribution in [0.25, 0.3) is 0 Å². The molecule has 1 saturated carbocycles. The second-order valence-corrected chi connectivity index (χ2v) is 8.33. The SMILES string of the molecule is CCNC1C(CN2CCC(C)(C)C2)CCCC1(C)C. The molecule has 0 bridgehead atoms. The number of hydrogen-bond acceptors (Lipinski definition) is 2. The van der Waals surface area contributed by atoms with E-state index in [-0.39, 0.29) is 0 Å². The molecule has 112 valence electrons. The molecule has 0 aromatic heterocycles. The number of likely N-dealkylation sites (tertiary alicyclic amines) is 1. The monoisotopic (exact) mass is 266 g/mol. The van der Waals surface area contributed by atoms with Crippen LogP contribution in [0.2, 0.25) is 0 Å². The molecule has 1 N–H and O–H groups in total. The zero-order valence-electron chi connectivity index (χ0n) is 13.8. The molecule has 0 aromatic rings. The van der Waals surface area contributed by atoms with E-state index in [1.165, 1.54) is 45.3 Å². The van der Waals surface area contributed by atoms with Gasteiger partial charge in [0.25, 0.3) is 0 Å². The van der Waals surface area contributed by atoms with Crippen LogP contribution < -0.4 is 5.32 Å². The van der Waals surface area contributed by atoms with Crippen LogP contribution in [0.3, 0.4) is 0 Å². The normalized spacial score (nSPS) is 34.6. The molecule has 2 fully saturated rings. The summed E-state index contributed by atoms with van der Waals surface area (Å²) >= 11 is 0. The van der Waals surface area contributed by atoms with Crippen molar-refractivity contribution in [3.05, 3.63) is 0 Å². The third-order valence-electron chi connectivity index (χ3n) is 5.38. The molecule has 1 aliphatic carbocycles. The lowest BCUT2D eigenvalue weighted by atomic mass is 9.67. The average Bonchev–Trinajstić information content (AvgIpc) is 2.63. The van der Waals surface area contributed by atoms with Gasteiger partial charge in [-0.25, -0.2) is 0 Å². The topological polar surface area (TPSA) is 15.3 Å². The summed E-state index contributed by atoms with van der Waals surface area (Å²) < 4.78 is 0. The minimum absolute atomic E-state index is 0.466. The molecule has 1 aliphatic heterocycles. The van der Waals surface area contributed by atoms with E-state index in [1.807, 2.05) is 0 Å². The first-order valence-electron chi connectivity index (χ1n) is 8.30. The van der Waals surface area contributed by atoms with Gasteiger partial charge in [-0.15, -0.1) is 0 Å². The van der Waals surface area contributed by atoms with Gasteiger partial charge in [0.1, 0.15) is 0 Å². The molecule has 1 saturated heterocycles. The maximum absolute atomic E-state index is 3.79. The van der Waals surface area contributed by atoms with Gasteiger partial charge in [0.05, 0.1) is 0 Å². The summed E-state index contributed by atoms with van der Waals surface area (Å²) in [5.41, 5.74) is 1.01. The highest BCUT2D eigenvalue weighted by molar-refractivity contribution is 4.95. The molecule has 2 nitrogen and oxygen atoms in total. The molecule has 0 spiro atoms. The summed E-state index contributed by atoms with van der Waals surface area (Å²) in [5.74, 6) is 0.845. The summed E-state index contributed by atoms with van der Waals surface area (Å²) in [7, 11) is 0. The Labute approximate surface area is 120 Å². The molecule has 2 rings (SSSR count). The van der Waals surface area contributed by atoms with Gasteiger partial charge in [0, 0.05) is 19.1 Å². The fourth-order valence-electron chi connectivity index (χ4n) is 4.35. The number of rotatable bonds is 4. The fraction of sp³-hybridized carbons (Fsp3) is 1.00. The summed E-state index contributed by atoms with van der Waals surface area (Å²) in [5, 5.41) is 3.79.